The van der Waals surface area contributed by atoms with Crippen molar-refractivity contribution in [3.63, 3.8) is 0 Å². The number of nitrogens with zero attached hydrogens (tertiary/aromatic N) is 1. The number of nitrogens with two attached hydrogens (primary N) is 1. The van der Waals surface area contributed by atoms with Crippen molar-refractivity contribution in [2.45, 2.75) is 69.7 Å². The molecule has 106 valence electrons. The summed E-state index contributed by atoms with van der Waals surface area (Å²) in [7, 11) is 2.33. The van der Waals surface area contributed by atoms with Crippen molar-refractivity contribution >= 4 is 11.8 Å². The van der Waals surface area contributed by atoms with Crippen LogP contribution in [-0.4, -0.2) is 41.1 Å². The minimum atomic E-state index is 0.274. The second-order valence-electron chi connectivity index (χ2n) is 7.26. The molecule has 2 N–H and O–H groups in total. The third-order valence-corrected chi connectivity index (χ3v) is 6.73. The third-order valence-electron chi connectivity index (χ3n) is 5.29. The molecule has 1 saturated heterocycles. The van der Waals surface area contributed by atoms with Crippen LogP contribution in [0, 0.1) is 5.41 Å². The van der Waals surface area contributed by atoms with E-state index in [1.54, 1.807) is 0 Å². The van der Waals surface area contributed by atoms with E-state index in [4.69, 9.17) is 5.73 Å². The summed E-state index contributed by atoms with van der Waals surface area (Å²) in [6.07, 6.45) is 6.70. The van der Waals surface area contributed by atoms with Gasteiger partial charge < -0.3 is 5.73 Å². The zero-order valence-corrected chi connectivity index (χ0v) is 13.4. The van der Waals surface area contributed by atoms with Crippen LogP contribution in [0.1, 0.15) is 52.9 Å². The van der Waals surface area contributed by atoms with Crippen LogP contribution in [0.15, 0.2) is 0 Å². The first kappa shape index (κ1) is 14.7. The minimum absolute atomic E-state index is 0.274. The van der Waals surface area contributed by atoms with Gasteiger partial charge in [0.05, 0.1) is 0 Å². The van der Waals surface area contributed by atoms with Crippen molar-refractivity contribution in [2.24, 2.45) is 11.1 Å². The van der Waals surface area contributed by atoms with Crippen LogP contribution in [-0.2, 0) is 0 Å². The zero-order valence-electron chi connectivity index (χ0n) is 12.5. The second-order valence-corrected chi connectivity index (χ2v) is 8.69. The van der Waals surface area contributed by atoms with Gasteiger partial charge in [0.25, 0.3) is 0 Å². The molecule has 0 aromatic carbocycles. The van der Waals surface area contributed by atoms with Crippen LogP contribution in [0.25, 0.3) is 0 Å². The van der Waals surface area contributed by atoms with Gasteiger partial charge in [-0.2, -0.15) is 11.8 Å². The largest absolute Gasteiger partial charge is 0.329 e. The highest BCUT2D eigenvalue weighted by Crippen LogP contribution is 2.42. The highest BCUT2D eigenvalue weighted by atomic mass is 32.2. The van der Waals surface area contributed by atoms with Gasteiger partial charge in [0.15, 0.2) is 0 Å². The summed E-state index contributed by atoms with van der Waals surface area (Å²) in [6.45, 7) is 7.99. The van der Waals surface area contributed by atoms with Crippen molar-refractivity contribution in [1.29, 1.82) is 0 Å². The molecule has 2 rings (SSSR count). The average Bonchev–Trinajstić information content (AvgIpc) is 2.71. The molecule has 3 heteroatoms. The summed E-state index contributed by atoms with van der Waals surface area (Å²) >= 11 is 2.10. The fourth-order valence-corrected chi connectivity index (χ4v) is 5.10. The Bertz CT molecular complexity index is 282. The molecule has 0 bridgehead atoms. The lowest BCUT2D eigenvalue weighted by Crippen LogP contribution is -2.57. The van der Waals surface area contributed by atoms with E-state index in [1.807, 2.05) is 0 Å². The van der Waals surface area contributed by atoms with Gasteiger partial charge in [0, 0.05) is 29.1 Å². The molecule has 2 atom stereocenters. The van der Waals surface area contributed by atoms with Crippen LogP contribution < -0.4 is 5.73 Å². The predicted molar refractivity (Wildman–Crippen MR) is 82.1 cm³/mol. The molecule has 0 spiro atoms. The third kappa shape index (κ3) is 2.88. The van der Waals surface area contributed by atoms with Gasteiger partial charge in [-0.1, -0.05) is 20.8 Å². The van der Waals surface area contributed by atoms with Crippen LogP contribution in [0.4, 0.5) is 0 Å². The molecule has 1 heterocycles. The summed E-state index contributed by atoms with van der Waals surface area (Å²) in [5.74, 6) is 1.22. The van der Waals surface area contributed by atoms with Crippen LogP contribution >= 0.6 is 11.8 Å². The van der Waals surface area contributed by atoms with Gasteiger partial charge in [-0.25, -0.2) is 0 Å². The molecular weight excluding hydrogens is 240 g/mol. The number of thioether (sulfide) groups is 1. The first-order valence-corrected chi connectivity index (χ1v) is 8.48. The lowest BCUT2D eigenvalue weighted by molar-refractivity contribution is 0.0484. The Morgan fingerprint density at radius 3 is 2.33 bits per heavy atom. The van der Waals surface area contributed by atoms with Crippen molar-refractivity contribution in [2.75, 3.05) is 19.3 Å². The fourth-order valence-electron chi connectivity index (χ4n) is 3.64. The first-order valence-electron chi connectivity index (χ1n) is 7.43. The maximum atomic E-state index is 6.14. The van der Waals surface area contributed by atoms with Crippen LogP contribution in [0.2, 0.25) is 0 Å². The maximum Gasteiger partial charge on any atom is 0.0432 e. The molecule has 2 fully saturated rings. The standard InChI is InChI=1S/C15H30N2S/c1-12-9-15(10-16,11-18-12)17(4)13-5-7-14(2,3)8-6-13/h12-13H,5-11,16H2,1-4H3. The Hall–Kier alpha value is 0.270. The van der Waals surface area contributed by atoms with Crippen molar-refractivity contribution in [3.05, 3.63) is 0 Å². The highest BCUT2D eigenvalue weighted by molar-refractivity contribution is 8.00. The Balaban J connectivity index is 2.00. The van der Waals surface area contributed by atoms with E-state index < -0.39 is 0 Å². The quantitative estimate of drug-likeness (QED) is 0.854. The van der Waals surface area contributed by atoms with E-state index in [0.717, 1.165) is 17.8 Å². The highest BCUT2D eigenvalue weighted by Gasteiger charge is 2.43. The second kappa shape index (κ2) is 5.34. The topological polar surface area (TPSA) is 29.3 Å². The zero-order chi connectivity index (χ0) is 13.4. The van der Waals surface area contributed by atoms with E-state index in [-0.39, 0.29) is 5.54 Å². The normalized spacial score (nSPS) is 37.3. The molecule has 1 aliphatic heterocycles. The summed E-state index contributed by atoms with van der Waals surface area (Å²) < 4.78 is 0. The summed E-state index contributed by atoms with van der Waals surface area (Å²) in [5, 5.41) is 0.774. The number of rotatable bonds is 3. The van der Waals surface area contributed by atoms with Gasteiger partial charge >= 0.3 is 0 Å². The van der Waals surface area contributed by atoms with Gasteiger partial charge in [0.1, 0.15) is 0 Å². The van der Waals surface area contributed by atoms with E-state index in [2.05, 4.69) is 44.5 Å². The van der Waals surface area contributed by atoms with E-state index >= 15 is 0 Å². The molecule has 0 amide bonds. The van der Waals surface area contributed by atoms with Gasteiger partial charge in [-0.3, -0.25) is 4.90 Å². The summed E-state index contributed by atoms with van der Waals surface area (Å²) in [5.41, 5.74) is 6.97. The van der Waals surface area contributed by atoms with E-state index in [0.29, 0.717) is 5.41 Å². The molecule has 2 aliphatic rings. The first-order chi connectivity index (χ1) is 8.38. The van der Waals surface area contributed by atoms with Crippen LogP contribution in [0.3, 0.4) is 0 Å². The van der Waals surface area contributed by atoms with E-state index in [1.165, 1.54) is 37.9 Å². The van der Waals surface area contributed by atoms with Crippen molar-refractivity contribution in [1.82, 2.24) is 4.90 Å². The molecule has 18 heavy (non-hydrogen) atoms. The smallest absolute Gasteiger partial charge is 0.0432 e. The Labute approximate surface area is 117 Å². The maximum absolute atomic E-state index is 6.14. The van der Waals surface area contributed by atoms with Gasteiger partial charge in [0.2, 0.25) is 0 Å². The molecule has 0 aromatic rings. The number of hydrogen-bond donors (Lipinski definition) is 1. The molecule has 1 aliphatic carbocycles. The average molecular weight is 270 g/mol. The van der Waals surface area contributed by atoms with Gasteiger partial charge in [-0.05, 0) is 44.6 Å². The Kier molecular flexibility index (Phi) is 4.35. The lowest BCUT2D eigenvalue weighted by Gasteiger charge is -2.46. The van der Waals surface area contributed by atoms with Gasteiger partial charge in [-0.15, -0.1) is 0 Å². The summed E-state index contributed by atoms with van der Waals surface area (Å²) in [6, 6.07) is 0.757. The minimum Gasteiger partial charge on any atom is -0.329 e. The SMILES string of the molecule is CC1CC(CN)(N(C)C2CCC(C)(C)CC2)CS1. The van der Waals surface area contributed by atoms with Crippen LogP contribution in [0.5, 0.6) is 0 Å². The lowest BCUT2D eigenvalue weighted by atomic mass is 9.74. The molecular formula is C15H30N2S. The Morgan fingerprint density at radius 1 is 1.28 bits per heavy atom. The van der Waals surface area contributed by atoms with E-state index in [9.17, 15) is 0 Å². The monoisotopic (exact) mass is 270 g/mol. The number of likely N-dealkylation sites (N-methyl/N-ethyl adjacent to an activating group) is 1. The van der Waals surface area contributed by atoms with Crippen molar-refractivity contribution in [3.8, 4) is 0 Å². The molecule has 0 aromatic heterocycles. The molecule has 0 radical (unpaired) electrons. The Morgan fingerprint density at radius 2 is 1.89 bits per heavy atom. The predicted octanol–water partition coefficient (Wildman–Crippen LogP) is 3.11. The molecule has 1 saturated carbocycles. The molecule has 2 unspecified atom stereocenters. The number of hydrogen-bond acceptors (Lipinski definition) is 3. The summed E-state index contributed by atoms with van der Waals surface area (Å²) in [4.78, 5) is 2.65. The molecule has 2 nitrogen and oxygen atoms in total. The fraction of sp³-hybridized carbons (Fsp3) is 1.00. The van der Waals surface area contributed by atoms with Crippen molar-refractivity contribution < 1.29 is 0 Å².